The maximum absolute atomic E-state index is 12.6. The van der Waals surface area contributed by atoms with E-state index in [1.54, 1.807) is 0 Å². The molecule has 0 aliphatic carbocycles. The number of likely N-dealkylation sites (N-methyl/N-ethyl adjacent to an activating group) is 1. The Labute approximate surface area is 283 Å². The Balaban J connectivity index is 4.44. The van der Waals surface area contributed by atoms with Gasteiger partial charge in [0.05, 0.1) is 27.7 Å². The highest BCUT2D eigenvalue weighted by Gasteiger charge is 2.27. The van der Waals surface area contributed by atoms with Crippen molar-refractivity contribution in [2.75, 3.05) is 47.5 Å². The predicted octanol–water partition coefficient (Wildman–Crippen LogP) is 9.68. The molecular formula is C36H73NO8P+. The van der Waals surface area contributed by atoms with Gasteiger partial charge in [-0.3, -0.25) is 18.6 Å². The molecule has 10 heteroatoms. The summed E-state index contributed by atoms with van der Waals surface area (Å²) in [6.07, 6.45) is 25.7. The lowest BCUT2D eigenvalue weighted by molar-refractivity contribution is -0.870. The third-order valence-corrected chi connectivity index (χ3v) is 9.12. The molecule has 0 amide bonds. The lowest BCUT2D eigenvalue weighted by Gasteiger charge is -2.24. The highest BCUT2D eigenvalue weighted by Crippen LogP contribution is 2.43. The fraction of sp³-hybridized carbons (Fsp3) is 0.944. The molecule has 0 aromatic heterocycles. The van der Waals surface area contributed by atoms with E-state index in [-0.39, 0.29) is 25.6 Å². The third-order valence-electron chi connectivity index (χ3n) is 8.14. The van der Waals surface area contributed by atoms with E-state index < -0.39 is 26.5 Å². The van der Waals surface area contributed by atoms with Crippen molar-refractivity contribution in [1.29, 1.82) is 0 Å². The minimum absolute atomic E-state index is 0.0362. The maximum atomic E-state index is 12.6. The molecule has 0 aromatic rings. The van der Waals surface area contributed by atoms with Crippen LogP contribution < -0.4 is 0 Å². The Morgan fingerprint density at radius 3 is 1.39 bits per heavy atom. The van der Waals surface area contributed by atoms with Crippen molar-refractivity contribution in [3.05, 3.63) is 0 Å². The quantitative estimate of drug-likeness (QED) is 0.0310. The first-order chi connectivity index (χ1) is 22.0. The predicted molar refractivity (Wildman–Crippen MR) is 188 cm³/mol. The minimum atomic E-state index is -4.35. The first kappa shape index (κ1) is 45.0. The Morgan fingerprint density at radius 2 is 0.978 bits per heavy atom. The SMILES string of the molecule is CCCCCCCCCCCCCCC(=O)O[C@H](COC(=O)CCCCCCCCCCCC)COP(=O)(O)OCC[N+](C)(C)C. The molecule has 274 valence electrons. The van der Waals surface area contributed by atoms with E-state index in [0.29, 0.717) is 23.9 Å². The first-order valence-electron chi connectivity index (χ1n) is 18.8. The number of phosphoric ester groups is 1. The molecule has 1 N–H and O–H groups in total. The number of quaternary nitrogens is 1. The topological polar surface area (TPSA) is 108 Å². The number of rotatable bonds is 34. The van der Waals surface area contributed by atoms with Crippen molar-refractivity contribution in [2.45, 2.75) is 174 Å². The molecule has 0 spiro atoms. The van der Waals surface area contributed by atoms with Gasteiger partial charge in [-0.25, -0.2) is 4.57 Å². The van der Waals surface area contributed by atoms with Crippen LogP contribution in [0.1, 0.15) is 168 Å². The van der Waals surface area contributed by atoms with Gasteiger partial charge in [-0.15, -0.1) is 0 Å². The second-order valence-electron chi connectivity index (χ2n) is 14.0. The largest absolute Gasteiger partial charge is 0.472 e. The molecule has 0 aliphatic rings. The van der Waals surface area contributed by atoms with Gasteiger partial charge in [-0.2, -0.15) is 0 Å². The molecule has 46 heavy (non-hydrogen) atoms. The van der Waals surface area contributed by atoms with E-state index in [1.165, 1.54) is 103 Å². The molecule has 0 heterocycles. The minimum Gasteiger partial charge on any atom is -0.462 e. The van der Waals surface area contributed by atoms with E-state index in [1.807, 2.05) is 21.1 Å². The van der Waals surface area contributed by atoms with Crippen LogP contribution in [0.5, 0.6) is 0 Å². The van der Waals surface area contributed by atoms with Gasteiger partial charge >= 0.3 is 19.8 Å². The molecule has 0 bridgehead atoms. The summed E-state index contributed by atoms with van der Waals surface area (Å²) in [6.45, 7) is 4.40. The number of nitrogens with zero attached hydrogens (tertiary/aromatic N) is 1. The van der Waals surface area contributed by atoms with Crippen LogP contribution in [0.25, 0.3) is 0 Å². The number of esters is 2. The molecule has 0 radical (unpaired) electrons. The van der Waals surface area contributed by atoms with Crippen molar-refractivity contribution in [3.63, 3.8) is 0 Å². The van der Waals surface area contributed by atoms with Crippen LogP contribution in [-0.2, 0) is 32.7 Å². The summed E-state index contributed by atoms with van der Waals surface area (Å²) in [7, 11) is 1.49. The smallest absolute Gasteiger partial charge is 0.462 e. The van der Waals surface area contributed by atoms with E-state index >= 15 is 0 Å². The lowest BCUT2D eigenvalue weighted by atomic mass is 10.0. The second-order valence-corrected chi connectivity index (χ2v) is 15.4. The zero-order chi connectivity index (χ0) is 34.4. The van der Waals surface area contributed by atoms with Gasteiger partial charge in [0.1, 0.15) is 19.8 Å². The second kappa shape index (κ2) is 30.1. The summed E-state index contributed by atoms with van der Waals surface area (Å²) in [6, 6.07) is 0. The highest BCUT2D eigenvalue weighted by molar-refractivity contribution is 7.47. The molecule has 0 fully saturated rings. The summed E-state index contributed by atoms with van der Waals surface area (Å²) in [5.74, 6) is -0.793. The molecule has 0 aromatic carbocycles. The van der Waals surface area contributed by atoms with Crippen molar-refractivity contribution in [3.8, 4) is 0 Å². The van der Waals surface area contributed by atoms with Crippen molar-refractivity contribution in [2.24, 2.45) is 0 Å². The van der Waals surface area contributed by atoms with Crippen molar-refractivity contribution in [1.82, 2.24) is 0 Å². The average molecular weight is 679 g/mol. The number of ether oxygens (including phenoxy) is 2. The van der Waals surface area contributed by atoms with Crippen LogP contribution in [-0.4, -0.2) is 74.9 Å². The van der Waals surface area contributed by atoms with E-state index in [0.717, 1.165) is 32.1 Å². The number of hydrogen-bond acceptors (Lipinski definition) is 7. The number of hydrogen-bond donors (Lipinski definition) is 1. The number of phosphoric acid groups is 1. The number of unbranched alkanes of at least 4 members (excludes halogenated alkanes) is 20. The zero-order valence-electron chi connectivity index (χ0n) is 30.6. The maximum Gasteiger partial charge on any atom is 0.472 e. The Hall–Kier alpha value is -0.990. The summed E-state index contributed by atoms with van der Waals surface area (Å²) in [5.41, 5.74) is 0. The van der Waals surface area contributed by atoms with Gasteiger partial charge in [-0.05, 0) is 12.8 Å². The molecule has 9 nitrogen and oxygen atoms in total. The number of carbonyl (C=O) groups excluding carboxylic acids is 2. The Morgan fingerprint density at radius 1 is 0.587 bits per heavy atom. The standard InChI is InChI=1S/C36H72NO8P/c1-6-8-10-12-14-16-18-19-21-23-25-27-29-36(39)45-34(33-44-46(40,41)43-31-30-37(3,4)5)32-42-35(38)28-26-24-22-20-17-15-13-11-9-7-2/h34H,6-33H2,1-5H3/p+1/t34-/m1/s1. The van der Waals surface area contributed by atoms with E-state index in [2.05, 4.69) is 13.8 Å². The molecule has 0 aliphatic heterocycles. The van der Waals surface area contributed by atoms with Gasteiger partial charge in [0, 0.05) is 12.8 Å². The van der Waals surface area contributed by atoms with Crippen molar-refractivity contribution >= 4 is 19.8 Å². The van der Waals surface area contributed by atoms with Gasteiger partial charge in [-0.1, -0.05) is 142 Å². The molecule has 0 saturated carbocycles. The molecule has 1 unspecified atom stereocenters. The molecule has 0 rings (SSSR count). The number of carbonyl (C=O) groups is 2. The molecule has 0 saturated heterocycles. The van der Waals surface area contributed by atoms with Gasteiger partial charge < -0.3 is 18.9 Å². The summed E-state index contributed by atoms with van der Waals surface area (Å²) >= 11 is 0. The fourth-order valence-corrected chi connectivity index (χ4v) is 5.87. The first-order valence-corrected chi connectivity index (χ1v) is 20.3. The van der Waals surface area contributed by atoms with Crippen LogP contribution in [0, 0.1) is 0 Å². The van der Waals surface area contributed by atoms with Crippen LogP contribution >= 0.6 is 7.82 Å². The van der Waals surface area contributed by atoms with Crippen LogP contribution in [0.4, 0.5) is 0 Å². The van der Waals surface area contributed by atoms with Crippen LogP contribution in [0.2, 0.25) is 0 Å². The fourth-order valence-electron chi connectivity index (χ4n) is 5.13. The lowest BCUT2D eigenvalue weighted by Crippen LogP contribution is -2.37. The zero-order valence-corrected chi connectivity index (χ0v) is 31.5. The van der Waals surface area contributed by atoms with E-state index in [9.17, 15) is 19.0 Å². The van der Waals surface area contributed by atoms with Crippen LogP contribution in [0.15, 0.2) is 0 Å². The summed E-state index contributed by atoms with van der Waals surface area (Å²) in [5, 5.41) is 0. The van der Waals surface area contributed by atoms with Gasteiger partial charge in [0.15, 0.2) is 6.10 Å². The van der Waals surface area contributed by atoms with E-state index in [4.69, 9.17) is 18.5 Å². The van der Waals surface area contributed by atoms with Crippen molar-refractivity contribution < 1.29 is 42.1 Å². The van der Waals surface area contributed by atoms with Crippen LogP contribution in [0.3, 0.4) is 0 Å². The third kappa shape index (κ3) is 32.9. The highest BCUT2D eigenvalue weighted by atomic mass is 31.2. The monoisotopic (exact) mass is 679 g/mol. The molecule has 2 atom stereocenters. The average Bonchev–Trinajstić information content (AvgIpc) is 2.99. The summed E-state index contributed by atoms with van der Waals surface area (Å²) < 4.78 is 34.1. The normalized spacial score (nSPS) is 13.8. The van der Waals surface area contributed by atoms with Gasteiger partial charge in [0.25, 0.3) is 0 Å². The molecular weight excluding hydrogens is 605 g/mol. The Bertz CT molecular complexity index is 774. The summed E-state index contributed by atoms with van der Waals surface area (Å²) in [4.78, 5) is 35.1. The Kier molecular flexibility index (Phi) is 29.4. The van der Waals surface area contributed by atoms with Gasteiger partial charge in [0.2, 0.25) is 0 Å².